The maximum Gasteiger partial charge on any atom is 0.339 e. The van der Waals surface area contributed by atoms with E-state index in [9.17, 15) is 14.4 Å². The number of fused-ring (bicyclic) bond motifs is 3. The lowest BCUT2D eigenvalue weighted by atomic mass is 10.0. The highest BCUT2D eigenvalue weighted by Gasteiger charge is 2.28. The third-order valence-electron chi connectivity index (χ3n) is 5.48. The lowest BCUT2D eigenvalue weighted by molar-refractivity contribution is -0.123. The van der Waals surface area contributed by atoms with Crippen LogP contribution in [0, 0.1) is 0 Å². The van der Waals surface area contributed by atoms with Crippen molar-refractivity contribution in [1.82, 2.24) is 10.3 Å². The van der Waals surface area contributed by atoms with Gasteiger partial charge in [0.1, 0.15) is 0 Å². The van der Waals surface area contributed by atoms with Crippen LogP contribution in [0.15, 0.2) is 42.5 Å². The lowest BCUT2D eigenvalue weighted by Gasteiger charge is -2.12. The molecule has 0 fully saturated rings. The molecule has 2 aliphatic rings. The highest BCUT2D eigenvalue weighted by atomic mass is 16.7. The average molecular weight is 445 g/mol. The summed E-state index contributed by atoms with van der Waals surface area (Å²) in [4.78, 5) is 40.3. The summed E-state index contributed by atoms with van der Waals surface area (Å²) < 4.78 is 16.0. The molecule has 1 aliphatic heterocycles. The second-order valence-electron chi connectivity index (χ2n) is 7.60. The molecule has 1 aliphatic carbocycles. The first-order chi connectivity index (χ1) is 16.0. The zero-order chi connectivity index (χ0) is 22.9. The molecular weight excluding hydrogens is 426 g/mol. The van der Waals surface area contributed by atoms with Crippen LogP contribution in [0.1, 0.15) is 33.6 Å². The molecule has 3 N–H and O–H groups in total. The van der Waals surface area contributed by atoms with Crippen molar-refractivity contribution in [3.8, 4) is 11.5 Å². The first-order valence-corrected chi connectivity index (χ1v) is 10.3. The maximum atomic E-state index is 13.0. The van der Waals surface area contributed by atoms with E-state index in [4.69, 9.17) is 24.9 Å². The zero-order valence-corrected chi connectivity index (χ0v) is 17.4. The number of nitrogens with one attached hydrogen (secondary N) is 1. The molecule has 0 spiro atoms. The maximum absolute atomic E-state index is 13.0. The van der Waals surface area contributed by atoms with Gasteiger partial charge in [0.05, 0.1) is 16.8 Å². The molecule has 3 amide bonds. The van der Waals surface area contributed by atoms with E-state index in [0.717, 1.165) is 22.4 Å². The molecule has 0 saturated carbocycles. The summed E-state index contributed by atoms with van der Waals surface area (Å²) in [6.07, 6.45) is 3.31. The third kappa shape index (κ3) is 3.96. The minimum atomic E-state index is -1.01. The Morgan fingerprint density at radius 1 is 1.09 bits per heavy atom. The highest BCUT2D eigenvalue weighted by Crippen LogP contribution is 2.39. The predicted octanol–water partition coefficient (Wildman–Crippen LogP) is 2.80. The van der Waals surface area contributed by atoms with Crippen molar-refractivity contribution >= 4 is 40.5 Å². The Bertz CT molecular complexity index is 1350. The number of hydrogen-bond donors (Lipinski definition) is 2. The minimum Gasteiger partial charge on any atom is -0.454 e. The van der Waals surface area contributed by atoms with Crippen LogP contribution in [0.2, 0.25) is 0 Å². The first kappa shape index (κ1) is 20.5. The van der Waals surface area contributed by atoms with Crippen LogP contribution in [0.4, 0.5) is 4.79 Å². The standard InChI is InChI=1S/C24H19N3O6/c25-24(30)27-20(28)11-31-23(29)21-15-3-1-2-4-17(15)26-22-14(6-7-16(21)22)9-13-5-8-18-19(10-13)33-12-32-18/h1-5,8-10H,6-7,11-12H2,(H3,25,27,28,30)/b14-9-. The fourth-order valence-electron chi connectivity index (χ4n) is 4.09. The summed E-state index contributed by atoms with van der Waals surface area (Å²) in [6, 6.07) is 12.0. The van der Waals surface area contributed by atoms with Crippen LogP contribution >= 0.6 is 0 Å². The Hall–Kier alpha value is -4.40. The van der Waals surface area contributed by atoms with Crippen molar-refractivity contribution < 1.29 is 28.6 Å². The fourth-order valence-corrected chi connectivity index (χ4v) is 4.09. The molecule has 2 aromatic carbocycles. The topological polar surface area (TPSA) is 130 Å². The third-order valence-corrected chi connectivity index (χ3v) is 5.48. The number of imide groups is 1. The smallest absolute Gasteiger partial charge is 0.339 e. The fraction of sp³-hybridized carbons (Fsp3) is 0.167. The van der Waals surface area contributed by atoms with E-state index in [-0.39, 0.29) is 6.79 Å². The van der Waals surface area contributed by atoms with E-state index in [1.54, 1.807) is 6.07 Å². The summed E-state index contributed by atoms with van der Waals surface area (Å²) in [6.45, 7) is -0.415. The van der Waals surface area contributed by atoms with Gasteiger partial charge in [-0.3, -0.25) is 10.1 Å². The summed E-state index contributed by atoms with van der Waals surface area (Å²) >= 11 is 0. The SMILES string of the molecule is NC(=O)NC(=O)COC(=O)c1c2c(nc3ccccc13)/C(=C\c1ccc3c(c1)OCO3)CC2. The number of amides is 3. The minimum absolute atomic E-state index is 0.203. The number of rotatable bonds is 4. The molecule has 9 nitrogen and oxygen atoms in total. The van der Waals surface area contributed by atoms with Gasteiger partial charge in [-0.05, 0) is 53.8 Å². The number of ether oxygens (including phenoxy) is 3. The van der Waals surface area contributed by atoms with Gasteiger partial charge in [-0.2, -0.15) is 0 Å². The van der Waals surface area contributed by atoms with Crippen molar-refractivity contribution in [3.05, 3.63) is 64.8 Å². The quantitative estimate of drug-likeness (QED) is 0.591. The number of nitrogens with zero attached hydrogens (tertiary/aromatic N) is 1. The number of primary amides is 1. The molecule has 0 atom stereocenters. The molecule has 1 aromatic heterocycles. The number of carbonyl (C=O) groups is 3. The van der Waals surface area contributed by atoms with Crippen LogP contribution in [-0.4, -0.2) is 36.3 Å². The average Bonchev–Trinajstić information content (AvgIpc) is 3.42. The van der Waals surface area contributed by atoms with Gasteiger partial charge in [-0.15, -0.1) is 0 Å². The summed E-state index contributed by atoms with van der Waals surface area (Å²) in [5.41, 5.74) is 9.34. The largest absolute Gasteiger partial charge is 0.454 e. The molecule has 9 heteroatoms. The van der Waals surface area contributed by atoms with E-state index in [1.807, 2.05) is 47.8 Å². The normalized spacial score (nSPS) is 14.8. The van der Waals surface area contributed by atoms with Gasteiger partial charge in [0, 0.05) is 5.39 Å². The molecule has 0 saturated heterocycles. The molecule has 2 heterocycles. The molecular formula is C24H19N3O6. The van der Waals surface area contributed by atoms with Gasteiger partial charge in [-0.25, -0.2) is 14.6 Å². The van der Waals surface area contributed by atoms with E-state index < -0.39 is 24.5 Å². The van der Waals surface area contributed by atoms with Gasteiger partial charge in [0.15, 0.2) is 18.1 Å². The van der Waals surface area contributed by atoms with Crippen molar-refractivity contribution in [2.75, 3.05) is 13.4 Å². The Balaban J connectivity index is 1.52. The number of nitrogens with two attached hydrogens (primary N) is 1. The van der Waals surface area contributed by atoms with E-state index >= 15 is 0 Å². The van der Waals surface area contributed by atoms with Gasteiger partial charge in [0.2, 0.25) is 6.79 Å². The number of para-hydroxylation sites is 1. The van der Waals surface area contributed by atoms with Crippen LogP contribution in [0.25, 0.3) is 22.6 Å². The Labute approximate surface area is 188 Å². The molecule has 0 unspecified atom stereocenters. The van der Waals surface area contributed by atoms with Gasteiger partial charge >= 0.3 is 12.0 Å². The lowest BCUT2D eigenvalue weighted by Crippen LogP contribution is -2.37. The zero-order valence-electron chi connectivity index (χ0n) is 17.4. The number of aromatic nitrogens is 1. The van der Waals surface area contributed by atoms with Crippen LogP contribution < -0.4 is 20.5 Å². The number of esters is 1. The number of pyridine rings is 1. The second-order valence-corrected chi connectivity index (χ2v) is 7.60. The second kappa shape index (κ2) is 8.27. The van der Waals surface area contributed by atoms with Crippen molar-refractivity contribution in [1.29, 1.82) is 0 Å². The molecule has 0 bridgehead atoms. The summed E-state index contributed by atoms with van der Waals surface area (Å²) in [7, 11) is 0. The van der Waals surface area contributed by atoms with Crippen LogP contribution in [0.3, 0.4) is 0 Å². The Morgan fingerprint density at radius 3 is 2.76 bits per heavy atom. The predicted molar refractivity (Wildman–Crippen MR) is 119 cm³/mol. The number of carbonyl (C=O) groups excluding carboxylic acids is 3. The molecule has 33 heavy (non-hydrogen) atoms. The summed E-state index contributed by atoms with van der Waals surface area (Å²) in [5, 5.41) is 2.51. The molecule has 5 rings (SSSR count). The number of urea groups is 1. The first-order valence-electron chi connectivity index (χ1n) is 10.3. The van der Waals surface area contributed by atoms with Crippen molar-refractivity contribution in [2.45, 2.75) is 12.8 Å². The van der Waals surface area contributed by atoms with Crippen LogP contribution in [0.5, 0.6) is 11.5 Å². The number of hydrogen-bond acceptors (Lipinski definition) is 7. The number of allylic oxidation sites excluding steroid dienone is 1. The van der Waals surface area contributed by atoms with Crippen molar-refractivity contribution in [2.24, 2.45) is 5.73 Å². The van der Waals surface area contributed by atoms with E-state index in [1.165, 1.54) is 0 Å². The molecule has 0 radical (unpaired) electrons. The number of benzene rings is 2. The van der Waals surface area contributed by atoms with E-state index in [2.05, 4.69) is 0 Å². The van der Waals surface area contributed by atoms with Gasteiger partial charge in [-0.1, -0.05) is 24.3 Å². The van der Waals surface area contributed by atoms with Gasteiger partial charge < -0.3 is 19.9 Å². The summed E-state index contributed by atoms with van der Waals surface area (Å²) in [5.74, 6) is -0.0610. The van der Waals surface area contributed by atoms with Crippen LogP contribution in [-0.2, 0) is 16.0 Å². The van der Waals surface area contributed by atoms with Gasteiger partial charge in [0.25, 0.3) is 5.91 Å². The van der Waals surface area contributed by atoms with Crippen molar-refractivity contribution in [3.63, 3.8) is 0 Å². The highest BCUT2D eigenvalue weighted by molar-refractivity contribution is 6.08. The Morgan fingerprint density at radius 2 is 1.91 bits per heavy atom. The Kier molecular flexibility index (Phi) is 5.14. The molecule has 166 valence electrons. The molecule has 3 aromatic rings. The monoisotopic (exact) mass is 445 g/mol. The van der Waals surface area contributed by atoms with E-state index in [0.29, 0.717) is 40.8 Å².